The van der Waals surface area contributed by atoms with E-state index < -0.39 is 0 Å². The van der Waals surface area contributed by atoms with E-state index in [0.717, 1.165) is 42.0 Å². The lowest BCUT2D eigenvalue weighted by atomic mass is 10.1. The molecule has 0 unspecified atom stereocenters. The molecule has 1 aromatic heterocycles. The van der Waals surface area contributed by atoms with Gasteiger partial charge in [0.1, 0.15) is 5.75 Å². The van der Waals surface area contributed by atoms with Crippen molar-refractivity contribution < 1.29 is 9.30 Å². The van der Waals surface area contributed by atoms with Crippen LogP contribution in [0.5, 0.6) is 5.75 Å². The number of hydrogen-bond donors (Lipinski definition) is 1. The maximum Gasteiger partial charge on any atom is 0.213 e. The van der Waals surface area contributed by atoms with Crippen LogP contribution in [-0.4, -0.2) is 26.7 Å². The Morgan fingerprint density at radius 2 is 1.62 bits per heavy atom. The number of nitrogens with two attached hydrogens (primary N) is 1. The van der Waals surface area contributed by atoms with Gasteiger partial charge in [0, 0.05) is 37.0 Å². The first kappa shape index (κ1) is 23.8. The van der Waals surface area contributed by atoms with Crippen LogP contribution in [0.15, 0.2) is 54.6 Å². The number of nitrogens with zero attached hydrogens (tertiary/aromatic N) is 2. The number of rotatable bonds is 12. The van der Waals surface area contributed by atoms with Gasteiger partial charge in [-0.15, -0.1) is 0 Å². The number of methoxy groups -OCH3 is 1. The molecule has 170 valence electrons. The van der Waals surface area contributed by atoms with E-state index in [1.54, 1.807) is 7.11 Å². The third kappa shape index (κ3) is 6.10. The molecule has 0 aliphatic rings. The summed E-state index contributed by atoms with van der Waals surface area (Å²) in [5.74, 6) is 0.868. The van der Waals surface area contributed by atoms with Crippen molar-refractivity contribution in [2.24, 2.45) is 5.73 Å². The highest BCUT2D eigenvalue weighted by Crippen LogP contribution is 2.21. The Morgan fingerprint density at radius 1 is 0.906 bits per heavy atom. The van der Waals surface area contributed by atoms with Crippen LogP contribution < -0.4 is 19.9 Å². The normalized spacial score (nSPS) is 11.4. The Labute approximate surface area is 193 Å². The second-order valence-electron chi connectivity index (χ2n) is 8.24. The van der Waals surface area contributed by atoms with Crippen molar-refractivity contribution in [3.63, 3.8) is 0 Å². The molecule has 0 fully saturated rings. The van der Waals surface area contributed by atoms with Gasteiger partial charge in [-0.25, -0.2) is 0 Å². The predicted molar refractivity (Wildman–Crippen MR) is 137 cm³/mol. The maximum absolute atomic E-state index is 5.92. The predicted octanol–water partition coefficient (Wildman–Crippen LogP) is 5.67. The average molecular weight is 433 g/mol. The van der Waals surface area contributed by atoms with Crippen LogP contribution in [0, 0.1) is 0 Å². The van der Waals surface area contributed by atoms with E-state index >= 15 is 0 Å². The lowest BCUT2D eigenvalue weighted by Crippen LogP contribution is -2.41. The molecule has 0 amide bonds. The first-order valence-electron chi connectivity index (χ1n) is 11.9. The topological polar surface area (TPSA) is 42.4 Å². The quantitative estimate of drug-likeness (QED) is 0.375. The van der Waals surface area contributed by atoms with Gasteiger partial charge in [-0.3, -0.25) is 0 Å². The van der Waals surface area contributed by atoms with E-state index in [0.29, 0.717) is 6.54 Å². The number of hydrogen-bond acceptors (Lipinski definition) is 3. The van der Waals surface area contributed by atoms with E-state index in [1.807, 2.05) is 6.07 Å². The number of aromatic nitrogens is 1. The standard InChI is InChI=1S/C28H38N3O/c1-4-6-19-30(20-7-5-2)25-12-8-23(9-13-25)10-14-26-15-11-24-22-27(32-3)16-17-28(24)31(26)21-18-29/h8-17,22H,4-7,18-21,29H2,1-3H3/q+1. The summed E-state index contributed by atoms with van der Waals surface area (Å²) in [5, 5.41) is 1.15. The highest BCUT2D eigenvalue weighted by molar-refractivity contribution is 5.79. The van der Waals surface area contributed by atoms with Gasteiger partial charge in [0.2, 0.25) is 11.2 Å². The van der Waals surface area contributed by atoms with Gasteiger partial charge in [0.05, 0.1) is 19.0 Å². The fourth-order valence-corrected chi connectivity index (χ4v) is 4.01. The summed E-state index contributed by atoms with van der Waals surface area (Å²) in [6.07, 6.45) is 9.29. The van der Waals surface area contributed by atoms with Gasteiger partial charge >= 0.3 is 0 Å². The fourth-order valence-electron chi connectivity index (χ4n) is 4.01. The zero-order chi connectivity index (χ0) is 22.8. The van der Waals surface area contributed by atoms with Gasteiger partial charge in [-0.2, -0.15) is 4.57 Å². The summed E-state index contributed by atoms with van der Waals surface area (Å²) in [7, 11) is 1.70. The molecule has 1 heterocycles. The number of benzene rings is 2. The van der Waals surface area contributed by atoms with Crippen LogP contribution in [0.25, 0.3) is 23.1 Å². The first-order valence-corrected chi connectivity index (χ1v) is 11.9. The van der Waals surface area contributed by atoms with Gasteiger partial charge in [0.15, 0.2) is 6.54 Å². The molecule has 4 heteroatoms. The van der Waals surface area contributed by atoms with Crippen LogP contribution in [0.4, 0.5) is 5.69 Å². The summed E-state index contributed by atoms with van der Waals surface area (Å²) in [5.41, 5.74) is 10.8. The van der Waals surface area contributed by atoms with Crippen molar-refractivity contribution in [3.8, 4) is 5.75 Å². The summed E-state index contributed by atoms with van der Waals surface area (Å²) < 4.78 is 7.65. The van der Waals surface area contributed by atoms with Gasteiger partial charge < -0.3 is 15.4 Å². The third-order valence-corrected chi connectivity index (χ3v) is 5.89. The molecule has 3 rings (SSSR count). The Kier molecular flexibility index (Phi) is 9.12. The minimum atomic E-state index is 0.594. The number of pyridine rings is 1. The van der Waals surface area contributed by atoms with Crippen LogP contribution >= 0.6 is 0 Å². The molecule has 0 atom stereocenters. The molecule has 0 aliphatic carbocycles. The van der Waals surface area contributed by atoms with Crippen molar-refractivity contribution in [3.05, 3.63) is 65.9 Å². The molecule has 0 saturated heterocycles. The molecule has 3 aromatic rings. The van der Waals surface area contributed by atoms with E-state index in [-0.39, 0.29) is 0 Å². The van der Waals surface area contributed by atoms with E-state index in [9.17, 15) is 0 Å². The smallest absolute Gasteiger partial charge is 0.213 e. The number of unbranched alkanes of at least 4 members (excludes halogenated alkanes) is 2. The maximum atomic E-state index is 5.92. The van der Waals surface area contributed by atoms with Crippen molar-refractivity contribution in [2.75, 3.05) is 31.6 Å². The second-order valence-corrected chi connectivity index (χ2v) is 8.24. The molecular weight excluding hydrogens is 394 g/mol. The molecule has 0 radical (unpaired) electrons. The van der Waals surface area contributed by atoms with E-state index in [1.165, 1.54) is 36.9 Å². The summed E-state index contributed by atoms with van der Waals surface area (Å²) in [6, 6.07) is 19.4. The lowest BCUT2D eigenvalue weighted by Gasteiger charge is -2.24. The number of ether oxygens (including phenoxy) is 1. The first-order chi connectivity index (χ1) is 15.7. The number of anilines is 1. The van der Waals surface area contributed by atoms with Crippen molar-refractivity contribution >= 4 is 28.7 Å². The highest BCUT2D eigenvalue weighted by atomic mass is 16.5. The number of fused-ring (bicyclic) bond motifs is 1. The van der Waals surface area contributed by atoms with E-state index in [2.05, 4.69) is 84.0 Å². The van der Waals surface area contributed by atoms with Crippen molar-refractivity contribution in [2.45, 2.75) is 46.1 Å². The zero-order valence-corrected chi connectivity index (χ0v) is 19.9. The molecule has 0 bridgehead atoms. The van der Waals surface area contributed by atoms with Crippen LogP contribution in [0.2, 0.25) is 0 Å². The van der Waals surface area contributed by atoms with Gasteiger partial charge in [-0.05, 0) is 54.8 Å². The van der Waals surface area contributed by atoms with Crippen molar-refractivity contribution in [1.82, 2.24) is 0 Å². The van der Waals surface area contributed by atoms with Crippen LogP contribution in [-0.2, 0) is 6.54 Å². The summed E-state index contributed by atoms with van der Waals surface area (Å²) in [4.78, 5) is 2.52. The fraction of sp³-hybridized carbons (Fsp3) is 0.393. The molecule has 32 heavy (non-hydrogen) atoms. The summed E-state index contributed by atoms with van der Waals surface area (Å²) in [6.45, 7) is 8.14. The van der Waals surface area contributed by atoms with Gasteiger partial charge in [0.25, 0.3) is 0 Å². The lowest BCUT2D eigenvalue weighted by molar-refractivity contribution is -0.670. The largest absolute Gasteiger partial charge is 0.497 e. The second kappa shape index (κ2) is 12.3. The molecule has 4 nitrogen and oxygen atoms in total. The third-order valence-electron chi connectivity index (χ3n) is 5.89. The minimum absolute atomic E-state index is 0.594. The Morgan fingerprint density at radius 3 is 2.25 bits per heavy atom. The average Bonchev–Trinajstić information content (AvgIpc) is 2.84. The Hall–Kier alpha value is -2.85. The van der Waals surface area contributed by atoms with Crippen LogP contribution in [0.1, 0.15) is 50.8 Å². The Bertz CT molecular complexity index is 1000. The minimum Gasteiger partial charge on any atom is -0.497 e. The summed E-state index contributed by atoms with van der Waals surface area (Å²) >= 11 is 0. The molecule has 2 N–H and O–H groups in total. The monoisotopic (exact) mass is 432 g/mol. The Balaban J connectivity index is 1.82. The molecule has 0 aliphatic heterocycles. The molecule has 0 spiro atoms. The zero-order valence-electron chi connectivity index (χ0n) is 19.9. The molecular formula is C28H38N3O+. The van der Waals surface area contributed by atoms with Crippen molar-refractivity contribution in [1.29, 1.82) is 0 Å². The molecule has 0 saturated carbocycles. The van der Waals surface area contributed by atoms with Crippen LogP contribution in [0.3, 0.4) is 0 Å². The molecule has 2 aromatic carbocycles. The highest BCUT2D eigenvalue weighted by Gasteiger charge is 2.14. The van der Waals surface area contributed by atoms with Gasteiger partial charge in [-0.1, -0.05) is 38.8 Å². The SMILES string of the molecule is CCCCN(CCCC)c1ccc(/C=C/c2ccc3cc(OC)ccc3[n+]2CCN)cc1. The van der Waals surface area contributed by atoms with E-state index in [4.69, 9.17) is 10.5 Å².